The Morgan fingerprint density at radius 1 is 1.27 bits per heavy atom. The van der Waals surface area contributed by atoms with E-state index in [9.17, 15) is 14.4 Å². The van der Waals surface area contributed by atoms with E-state index in [1.807, 2.05) is 17.0 Å². The highest BCUT2D eigenvalue weighted by atomic mass is 16.5. The number of H-pyrrole nitrogens is 1. The fourth-order valence-corrected chi connectivity index (χ4v) is 3.10. The van der Waals surface area contributed by atoms with Gasteiger partial charge in [0.05, 0.1) is 26.2 Å². The van der Waals surface area contributed by atoms with Gasteiger partial charge in [-0.1, -0.05) is 0 Å². The number of carbonyl (C=O) groups is 2. The molecule has 3 rings (SSSR count). The number of piperazine rings is 1. The fraction of sp³-hybridized carbons (Fsp3) is 0.389. The van der Waals surface area contributed by atoms with Crippen molar-refractivity contribution in [2.24, 2.45) is 0 Å². The van der Waals surface area contributed by atoms with Gasteiger partial charge in [0.25, 0.3) is 5.56 Å². The number of pyridine rings is 1. The molecule has 138 valence electrons. The first-order valence-electron chi connectivity index (χ1n) is 8.30. The zero-order chi connectivity index (χ0) is 18.7. The number of esters is 1. The largest absolute Gasteiger partial charge is 0.497 e. The van der Waals surface area contributed by atoms with Crippen LogP contribution in [0, 0.1) is 0 Å². The summed E-state index contributed by atoms with van der Waals surface area (Å²) in [6.07, 6.45) is -0.0506. The molecule has 1 aliphatic heterocycles. The van der Waals surface area contributed by atoms with E-state index in [1.54, 1.807) is 19.2 Å². The summed E-state index contributed by atoms with van der Waals surface area (Å²) in [6, 6.07) is 6.59. The highest BCUT2D eigenvalue weighted by Gasteiger charge is 2.32. The molecule has 1 aliphatic rings. The Morgan fingerprint density at radius 2 is 2.08 bits per heavy atom. The number of aromatic amines is 1. The van der Waals surface area contributed by atoms with Crippen molar-refractivity contribution in [3.63, 3.8) is 0 Å². The van der Waals surface area contributed by atoms with Gasteiger partial charge in [-0.05, 0) is 23.6 Å². The molecule has 1 amide bonds. The smallest absolute Gasteiger partial charge is 0.307 e. The van der Waals surface area contributed by atoms with Crippen LogP contribution in [-0.2, 0) is 20.9 Å². The van der Waals surface area contributed by atoms with Gasteiger partial charge in [0.15, 0.2) is 0 Å². The van der Waals surface area contributed by atoms with Gasteiger partial charge < -0.3 is 19.8 Å². The van der Waals surface area contributed by atoms with Gasteiger partial charge >= 0.3 is 5.97 Å². The average molecular weight is 359 g/mol. The van der Waals surface area contributed by atoms with E-state index in [2.05, 4.69) is 15.0 Å². The fourth-order valence-electron chi connectivity index (χ4n) is 3.10. The second-order valence-electron chi connectivity index (χ2n) is 6.13. The zero-order valence-corrected chi connectivity index (χ0v) is 14.7. The second kappa shape index (κ2) is 7.57. The molecular weight excluding hydrogens is 338 g/mol. The number of ether oxygens (including phenoxy) is 2. The van der Waals surface area contributed by atoms with Crippen molar-refractivity contribution in [2.75, 3.05) is 27.3 Å². The summed E-state index contributed by atoms with van der Waals surface area (Å²) in [5.41, 5.74) is 0.987. The lowest BCUT2D eigenvalue weighted by atomic mass is 10.1. The van der Waals surface area contributed by atoms with Crippen molar-refractivity contribution < 1.29 is 19.1 Å². The molecule has 1 aromatic heterocycles. The summed E-state index contributed by atoms with van der Waals surface area (Å²) in [5.74, 6) is -0.0353. The van der Waals surface area contributed by atoms with Crippen LogP contribution in [0.2, 0.25) is 0 Å². The molecule has 0 aliphatic carbocycles. The molecule has 1 saturated heterocycles. The maximum atomic E-state index is 12.5. The maximum absolute atomic E-state index is 12.5. The molecule has 8 heteroatoms. The quantitative estimate of drug-likeness (QED) is 0.750. The number of aromatic nitrogens is 1. The molecule has 1 fully saturated rings. The third-order valence-corrected chi connectivity index (χ3v) is 4.53. The van der Waals surface area contributed by atoms with E-state index < -0.39 is 12.0 Å². The van der Waals surface area contributed by atoms with Gasteiger partial charge in [0, 0.05) is 31.3 Å². The molecule has 0 bridgehead atoms. The van der Waals surface area contributed by atoms with Gasteiger partial charge in [-0.2, -0.15) is 0 Å². The summed E-state index contributed by atoms with van der Waals surface area (Å²) in [7, 11) is 2.85. The van der Waals surface area contributed by atoms with E-state index in [-0.39, 0.29) is 24.4 Å². The van der Waals surface area contributed by atoms with E-state index in [1.165, 1.54) is 7.11 Å². The normalized spacial score (nSPS) is 17.8. The standard InChI is InChI=1S/C18H21N3O5/c1-25-13-4-3-11-7-12(17(23)20-14(11)8-13)10-21-6-5-19-18(24)15(21)9-16(22)26-2/h3-4,7-8,15H,5-6,9-10H2,1-2H3,(H,19,24)(H,20,23)/t15-/m1/s1. The molecule has 2 aromatic rings. The number of nitrogens with zero attached hydrogens (tertiary/aromatic N) is 1. The number of amides is 1. The summed E-state index contributed by atoms with van der Waals surface area (Å²) in [6.45, 7) is 1.29. The van der Waals surface area contributed by atoms with Crippen molar-refractivity contribution in [3.05, 3.63) is 40.2 Å². The van der Waals surface area contributed by atoms with Crippen LogP contribution in [0.15, 0.2) is 29.1 Å². The summed E-state index contributed by atoms with van der Waals surface area (Å²) < 4.78 is 9.85. The van der Waals surface area contributed by atoms with Crippen molar-refractivity contribution in [2.45, 2.75) is 19.0 Å². The van der Waals surface area contributed by atoms with Gasteiger partial charge in [0.1, 0.15) is 11.8 Å². The summed E-state index contributed by atoms with van der Waals surface area (Å²) >= 11 is 0. The minimum Gasteiger partial charge on any atom is -0.497 e. The molecule has 0 saturated carbocycles. The Morgan fingerprint density at radius 3 is 2.81 bits per heavy atom. The third kappa shape index (κ3) is 3.70. The molecule has 26 heavy (non-hydrogen) atoms. The van der Waals surface area contributed by atoms with Crippen LogP contribution < -0.4 is 15.6 Å². The van der Waals surface area contributed by atoms with Crippen molar-refractivity contribution in [1.82, 2.24) is 15.2 Å². The molecule has 1 aromatic carbocycles. The molecule has 1 atom stereocenters. The van der Waals surface area contributed by atoms with Crippen LogP contribution in [-0.4, -0.2) is 55.1 Å². The summed E-state index contributed by atoms with van der Waals surface area (Å²) in [4.78, 5) is 40.9. The molecule has 0 radical (unpaired) electrons. The van der Waals surface area contributed by atoms with Crippen LogP contribution in [0.25, 0.3) is 10.9 Å². The van der Waals surface area contributed by atoms with E-state index >= 15 is 0 Å². The minimum atomic E-state index is -0.651. The van der Waals surface area contributed by atoms with Gasteiger partial charge in [-0.3, -0.25) is 19.3 Å². The van der Waals surface area contributed by atoms with Crippen molar-refractivity contribution >= 4 is 22.8 Å². The van der Waals surface area contributed by atoms with E-state index in [0.717, 1.165) is 5.39 Å². The Kier molecular flexibility index (Phi) is 5.22. The highest BCUT2D eigenvalue weighted by molar-refractivity contribution is 5.87. The average Bonchev–Trinajstić information content (AvgIpc) is 2.64. The molecular formula is C18H21N3O5. The van der Waals surface area contributed by atoms with Crippen LogP contribution >= 0.6 is 0 Å². The Balaban J connectivity index is 1.88. The van der Waals surface area contributed by atoms with E-state index in [0.29, 0.717) is 29.9 Å². The minimum absolute atomic E-state index is 0.0506. The lowest BCUT2D eigenvalue weighted by molar-refractivity contribution is -0.146. The number of nitrogens with one attached hydrogen (secondary N) is 2. The summed E-state index contributed by atoms with van der Waals surface area (Å²) in [5, 5.41) is 3.61. The Bertz CT molecular complexity index is 892. The number of hydrogen-bond acceptors (Lipinski definition) is 6. The SMILES string of the molecule is COC(=O)C[C@@H]1C(=O)NCCN1Cc1cc2ccc(OC)cc2[nH]c1=O. The zero-order valence-electron chi connectivity index (χ0n) is 14.7. The van der Waals surface area contributed by atoms with Crippen molar-refractivity contribution in [3.8, 4) is 5.75 Å². The van der Waals surface area contributed by atoms with Crippen molar-refractivity contribution in [1.29, 1.82) is 0 Å². The van der Waals surface area contributed by atoms with Crippen LogP contribution in [0.1, 0.15) is 12.0 Å². The first kappa shape index (κ1) is 17.9. The van der Waals surface area contributed by atoms with Crippen LogP contribution in [0.3, 0.4) is 0 Å². The number of rotatable bonds is 5. The lowest BCUT2D eigenvalue weighted by Crippen LogP contribution is -2.55. The molecule has 0 spiro atoms. The number of benzene rings is 1. The first-order valence-corrected chi connectivity index (χ1v) is 8.30. The van der Waals surface area contributed by atoms with Gasteiger partial charge in [0.2, 0.25) is 5.91 Å². The molecule has 2 N–H and O–H groups in total. The lowest BCUT2D eigenvalue weighted by Gasteiger charge is -2.34. The van der Waals surface area contributed by atoms with Gasteiger partial charge in [-0.25, -0.2) is 0 Å². The van der Waals surface area contributed by atoms with E-state index in [4.69, 9.17) is 4.74 Å². The number of methoxy groups -OCH3 is 2. The first-order chi connectivity index (χ1) is 12.5. The maximum Gasteiger partial charge on any atom is 0.307 e. The Labute approximate surface area is 150 Å². The molecule has 8 nitrogen and oxygen atoms in total. The molecule has 2 heterocycles. The third-order valence-electron chi connectivity index (χ3n) is 4.53. The number of hydrogen-bond donors (Lipinski definition) is 2. The second-order valence-corrected chi connectivity index (χ2v) is 6.13. The van der Waals surface area contributed by atoms with Gasteiger partial charge in [-0.15, -0.1) is 0 Å². The Hall–Kier alpha value is -2.87. The highest BCUT2D eigenvalue weighted by Crippen LogP contribution is 2.20. The topological polar surface area (TPSA) is 101 Å². The van der Waals surface area contributed by atoms with Crippen LogP contribution in [0.5, 0.6) is 5.75 Å². The number of carbonyl (C=O) groups excluding carboxylic acids is 2. The predicted octanol–water partition coefficient (Wildman–Crippen LogP) is 0.400. The predicted molar refractivity (Wildman–Crippen MR) is 95.0 cm³/mol. The van der Waals surface area contributed by atoms with Crippen LogP contribution in [0.4, 0.5) is 0 Å². The monoisotopic (exact) mass is 359 g/mol. The molecule has 0 unspecified atom stereocenters. The number of fused-ring (bicyclic) bond motifs is 1.